The third-order valence-corrected chi connectivity index (χ3v) is 7.69. The number of rotatable bonds is 4. The Hall–Kier alpha value is -2.67. The molecule has 1 atom stereocenters. The number of anilines is 1. The highest BCUT2D eigenvalue weighted by Gasteiger charge is 2.39. The molecule has 1 aliphatic heterocycles. The molecule has 0 aliphatic carbocycles. The minimum absolute atomic E-state index is 0.112. The molecule has 3 aromatic rings. The Bertz CT molecular complexity index is 1240. The SMILES string of the molecule is Cc1ccc(NC(=O)C2Cc3ccccc3CN2S(=O)(=O)c2ccc(Cl)cc2)c(C)c1. The molecule has 160 valence electrons. The van der Waals surface area contributed by atoms with Crippen molar-refractivity contribution in [1.29, 1.82) is 0 Å². The second-order valence-electron chi connectivity index (χ2n) is 7.80. The quantitative estimate of drug-likeness (QED) is 0.620. The Kier molecular flexibility index (Phi) is 5.88. The predicted molar refractivity (Wildman–Crippen MR) is 123 cm³/mol. The number of hydrogen-bond acceptors (Lipinski definition) is 3. The molecule has 1 N–H and O–H groups in total. The smallest absolute Gasteiger partial charge is 0.244 e. The number of hydrogen-bond donors (Lipinski definition) is 1. The lowest BCUT2D eigenvalue weighted by atomic mass is 9.95. The van der Waals surface area contributed by atoms with Gasteiger partial charge in [0.2, 0.25) is 15.9 Å². The van der Waals surface area contributed by atoms with E-state index in [9.17, 15) is 13.2 Å². The third kappa shape index (κ3) is 4.37. The summed E-state index contributed by atoms with van der Waals surface area (Å²) in [4.78, 5) is 13.4. The summed E-state index contributed by atoms with van der Waals surface area (Å²) in [5.74, 6) is -0.348. The Labute approximate surface area is 187 Å². The average Bonchev–Trinajstić information content (AvgIpc) is 2.75. The summed E-state index contributed by atoms with van der Waals surface area (Å²) >= 11 is 5.94. The summed E-state index contributed by atoms with van der Waals surface area (Å²) in [6, 6.07) is 18.5. The lowest BCUT2D eigenvalue weighted by molar-refractivity contribution is -0.120. The van der Waals surface area contributed by atoms with Gasteiger partial charge in [-0.1, -0.05) is 53.6 Å². The number of nitrogens with zero attached hydrogens (tertiary/aromatic N) is 1. The number of fused-ring (bicyclic) bond motifs is 1. The summed E-state index contributed by atoms with van der Waals surface area (Å²) in [7, 11) is -3.91. The van der Waals surface area contributed by atoms with Crippen LogP contribution in [0.15, 0.2) is 71.6 Å². The summed E-state index contributed by atoms with van der Waals surface area (Å²) in [5, 5.41) is 3.39. The van der Waals surface area contributed by atoms with E-state index in [1.165, 1.54) is 28.6 Å². The lowest BCUT2D eigenvalue weighted by Crippen LogP contribution is -2.50. The number of nitrogens with one attached hydrogen (secondary N) is 1. The molecule has 0 aromatic heterocycles. The van der Waals surface area contributed by atoms with E-state index in [-0.39, 0.29) is 17.3 Å². The van der Waals surface area contributed by atoms with Gasteiger partial charge in [0.15, 0.2) is 0 Å². The van der Waals surface area contributed by atoms with Crippen molar-refractivity contribution in [2.24, 2.45) is 0 Å². The largest absolute Gasteiger partial charge is 0.324 e. The van der Waals surface area contributed by atoms with Gasteiger partial charge in [-0.05, 0) is 67.3 Å². The zero-order valence-corrected chi connectivity index (χ0v) is 18.9. The van der Waals surface area contributed by atoms with Crippen LogP contribution in [0.4, 0.5) is 5.69 Å². The van der Waals surface area contributed by atoms with Gasteiger partial charge in [-0.3, -0.25) is 4.79 Å². The molecule has 0 spiro atoms. The molecule has 0 saturated heterocycles. The standard InChI is InChI=1S/C24H23ClN2O3S/c1-16-7-12-22(17(2)13-16)26-24(28)23-14-18-5-3-4-6-19(18)15-27(23)31(29,30)21-10-8-20(25)9-11-21/h3-13,23H,14-15H2,1-2H3,(H,26,28). The Morgan fingerprint density at radius 2 is 1.68 bits per heavy atom. The molecule has 31 heavy (non-hydrogen) atoms. The molecule has 0 radical (unpaired) electrons. The number of halogens is 1. The molecule has 1 aliphatic rings. The summed E-state index contributed by atoms with van der Waals surface area (Å²) in [6.45, 7) is 4.03. The van der Waals surface area contributed by atoms with Crippen molar-refractivity contribution < 1.29 is 13.2 Å². The predicted octanol–water partition coefficient (Wildman–Crippen LogP) is 4.71. The van der Waals surface area contributed by atoms with Gasteiger partial charge in [0, 0.05) is 17.3 Å². The van der Waals surface area contributed by atoms with Crippen LogP contribution in [-0.4, -0.2) is 24.7 Å². The maximum absolute atomic E-state index is 13.5. The van der Waals surface area contributed by atoms with Crippen LogP contribution < -0.4 is 5.32 Å². The average molecular weight is 455 g/mol. The molecular weight excluding hydrogens is 432 g/mol. The van der Waals surface area contributed by atoms with Gasteiger partial charge >= 0.3 is 0 Å². The highest BCUT2D eigenvalue weighted by molar-refractivity contribution is 7.89. The van der Waals surface area contributed by atoms with E-state index in [0.29, 0.717) is 17.1 Å². The van der Waals surface area contributed by atoms with Crippen molar-refractivity contribution in [3.05, 3.63) is 94.0 Å². The number of amides is 1. The number of benzene rings is 3. The zero-order chi connectivity index (χ0) is 22.2. The van der Waals surface area contributed by atoms with Gasteiger partial charge in [0.05, 0.1) is 4.90 Å². The monoisotopic (exact) mass is 454 g/mol. The summed E-state index contributed by atoms with van der Waals surface area (Å²) in [6.07, 6.45) is 0.305. The van der Waals surface area contributed by atoms with Crippen LogP contribution in [0.3, 0.4) is 0 Å². The summed E-state index contributed by atoms with van der Waals surface area (Å²) < 4.78 is 28.3. The van der Waals surface area contributed by atoms with E-state index in [2.05, 4.69) is 5.32 Å². The number of carbonyl (C=O) groups is 1. The topological polar surface area (TPSA) is 66.5 Å². The van der Waals surface area contributed by atoms with Crippen LogP contribution in [-0.2, 0) is 27.8 Å². The van der Waals surface area contributed by atoms with Crippen molar-refractivity contribution in [2.45, 2.75) is 37.8 Å². The minimum Gasteiger partial charge on any atom is -0.324 e. The molecule has 3 aromatic carbocycles. The Morgan fingerprint density at radius 1 is 1.00 bits per heavy atom. The maximum atomic E-state index is 13.5. The highest BCUT2D eigenvalue weighted by Crippen LogP contribution is 2.30. The molecule has 5 nitrogen and oxygen atoms in total. The molecule has 0 saturated carbocycles. The molecule has 0 bridgehead atoms. The molecule has 7 heteroatoms. The molecular formula is C24H23ClN2O3S. The summed E-state index contributed by atoms with van der Waals surface area (Å²) in [5.41, 5.74) is 4.57. The lowest BCUT2D eigenvalue weighted by Gasteiger charge is -2.35. The van der Waals surface area contributed by atoms with Crippen molar-refractivity contribution in [2.75, 3.05) is 5.32 Å². The van der Waals surface area contributed by atoms with Crippen molar-refractivity contribution in [3.8, 4) is 0 Å². The van der Waals surface area contributed by atoms with Gasteiger partial charge in [-0.25, -0.2) is 8.42 Å². The molecule has 1 heterocycles. The van der Waals surface area contributed by atoms with E-state index in [4.69, 9.17) is 11.6 Å². The second-order valence-corrected chi connectivity index (χ2v) is 10.1. The van der Waals surface area contributed by atoms with Crippen molar-refractivity contribution in [1.82, 2.24) is 4.31 Å². The maximum Gasteiger partial charge on any atom is 0.244 e. The first-order chi connectivity index (χ1) is 14.8. The molecule has 1 amide bonds. The van der Waals surface area contributed by atoms with Crippen LogP contribution in [0.2, 0.25) is 5.02 Å². The molecule has 1 unspecified atom stereocenters. The van der Waals surface area contributed by atoms with Gasteiger partial charge < -0.3 is 5.32 Å². The van der Waals surface area contributed by atoms with Crippen LogP contribution in [0.1, 0.15) is 22.3 Å². The van der Waals surface area contributed by atoms with E-state index < -0.39 is 16.1 Å². The Balaban J connectivity index is 1.72. The van der Waals surface area contributed by atoms with E-state index in [0.717, 1.165) is 22.3 Å². The first-order valence-corrected chi connectivity index (χ1v) is 11.8. The van der Waals surface area contributed by atoms with Crippen LogP contribution >= 0.6 is 11.6 Å². The van der Waals surface area contributed by atoms with E-state index in [1.807, 2.05) is 56.3 Å². The number of aryl methyl sites for hydroxylation is 2. The van der Waals surface area contributed by atoms with Gasteiger partial charge in [-0.15, -0.1) is 0 Å². The van der Waals surface area contributed by atoms with Crippen LogP contribution in [0.25, 0.3) is 0 Å². The zero-order valence-electron chi connectivity index (χ0n) is 17.3. The van der Waals surface area contributed by atoms with Gasteiger partial charge in [0.25, 0.3) is 0 Å². The van der Waals surface area contributed by atoms with Gasteiger partial charge in [0.1, 0.15) is 6.04 Å². The van der Waals surface area contributed by atoms with Crippen molar-refractivity contribution in [3.63, 3.8) is 0 Å². The third-order valence-electron chi connectivity index (χ3n) is 5.57. The fraction of sp³-hybridized carbons (Fsp3) is 0.208. The minimum atomic E-state index is -3.91. The first-order valence-electron chi connectivity index (χ1n) is 9.98. The van der Waals surface area contributed by atoms with Gasteiger partial charge in [-0.2, -0.15) is 4.31 Å². The first kappa shape index (κ1) is 21.6. The molecule has 0 fully saturated rings. The van der Waals surface area contributed by atoms with E-state index in [1.54, 1.807) is 0 Å². The molecule has 4 rings (SSSR count). The number of carbonyl (C=O) groups excluding carboxylic acids is 1. The highest BCUT2D eigenvalue weighted by atomic mass is 35.5. The van der Waals surface area contributed by atoms with Crippen molar-refractivity contribution >= 4 is 33.2 Å². The van der Waals surface area contributed by atoms with Crippen LogP contribution in [0, 0.1) is 13.8 Å². The fourth-order valence-electron chi connectivity index (χ4n) is 3.89. The normalized spacial score (nSPS) is 16.5. The van der Waals surface area contributed by atoms with E-state index >= 15 is 0 Å². The fourth-order valence-corrected chi connectivity index (χ4v) is 5.58. The number of sulfonamides is 1. The Morgan fingerprint density at radius 3 is 2.35 bits per heavy atom. The second kappa shape index (κ2) is 8.46. The van der Waals surface area contributed by atoms with Crippen LogP contribution in [0.5, 0.6) is 0 Å².